The molecule has 0 aliphatic carbocycles. The van der Waals surface area contributed by atoms with Crippen molar-refractivity contribution < 1.29 is 4.79 Å². The lowest BCUT2D eigenvalue weighted by atomic mass is 10.1. The number of carbonyl (C=O) groups excluding carboxylic acids is 1. The molecule has 0 aliphatic heterocycles. The van der Waals surface area contributed by atoms with Crippen molar-refractivity contribution in [3.63, 3.8) is 0 Å². The van der Waals surface area contributed by atoms with Crippen molar-refractivity contribution in [1.82, 2.24) is 14.8 Å². The summed E-state index contributed by atoms with van der Waals surface area (Å²) in [5.41, 5.74) is 0.777. The van der Waals surface area contributed by atoms with Crippen LogP contribution in [0.15, 0.2) is 34.2 Å². The third kappa shape index (κ3) is 2.97. The predicted octanol–water partition coefficient (Wildman–Crippen LogP) is 1.44. The molecule has 0 radical (unpaired) electrons. The summed E-state index contributed by atoms with van der Waals surface area (Å²) < 4.78 is 1.47. The van der Waals surface area contributed by atoms with Crippen LogP contribution < -0.4 is 5.69 Å². The number of nitriles is 1. The van der Waals surface area contributed by atoms with Gasteiger partial charge in [0.05, 0.1) is 17.4 Å². The number of rotatable bonds is 5. The van der Waals surface area contributed by atoms with E-state index in [9.17, 15) is 9.59 Å². The molecule has 1 N–H and O–H groups in total. The molecule has 102 valence electrons. The lowest BCUT2D eigenvalue weighted by molar-refractivity contribution is 0.102. The van der Waals surface area contributed by atoms with Crippen LogP contribution in [0.4, 0.5) is 0 Å². The van der Waals surface area contributed by atoms with Gasteiger partial charge in [0.2, 0.25) is 0 Å². The molecule has 0 spiro atoms. The summed E-state index contributed by atoms with van der Waals surface area (Å²) in [7, 11) is 0. The van der Waals surface area contributed by atoms with E-state index in [2.05, 4.69) is 10.2 Å². The third-order valence-electron chi connectivity index (χ3n) is 2.71. The number of carbonyl (C=O) groups is 1. The van der Waals surface area contributed by atoms with Crippen molar-refractivity contribution in [2.24, 2.45) is 0 Å². The zero-order valence-electron chi connectivity index (χ0n) is 10.8. The Hall–Kier alpha value is -2.33. The Balaban J connectivity index is 2.04. The first-order valence-electron chi connectivity index (χ1n) is 5.97. The van der Waals surface area contributed by atoms with Gasteiger partial charge in [0.1, 0.15) is 0 Å². The van der Waals surface area contributed by atoms with E-state index in [0.717, 1.165) is 0 Å². The van der Waals surface area contributed by atoms with Gasteiger partial charge < -0.3 is 0 Å². The number of aromatic amines is 1. The van der Waals surface area contributed by atoms with Crippen molar-refractivity contribution in [2.45, 2.75) is 18.6 Å². The largest absolute Gasteiger partial charge is 0.343 e. The van der Waals surface area contributed by atoms with Gasteiger partial charge in [0, 0.05) is 12.1 Å². The number of nitrogens with zero attached hydrogens (tertiary/aromatic N) is 3. The van der Waals surface area contributed by atoms with Gasteiger partial charge in [-0.3, -0.25) is 9.36 Å². The molecule has 0 fully saturated rings. The Labute approximate surface area is 119 Å². The summed E-state index contributed by atoms with van der Waals surface area (Å²) in [5, 5.41) is 15.4. The number of H-pyrrole nitrogens is 1. The van der Waals surface area contributed by atoms with Gasteiger partial charge in [0.15, 0.2) is 10.9 Å². The van der Waals surface area contributed by atoms with Gasteiger partial charge in [-0.25, -0.2) is 9.89 Å². The molecule has 0 saturated carbocycles. The first kappa shape index (κ1) is 14.1. The quantitative estimate of drug-likeness (QED) is 0.664. The summed E-state index contributed by atoms with van der Waals surface area (Å²) >= 11 is 1.21. The summed E-state index contributed by atoms with van der Waals surface area (Å²) in [6.45, 7) is 2.34. The van der Waals surface area contributed by atoms with Crippen molar-refractivity contribution in [2.75, 3.05) is 5.75 Å². The smallest absolute Gasteiger partial charge is 0.293 e. The maximum atomic E-state index is 12.0. The molecule has 0 atom stereocenters. The molecule has 20 heavy (non-hydrogen) atoms. The lowest BCUT2D eigenvalue weighted by Gasteiger charge is -2.02. The zero-order chi connectivity index (χ0) is 14.5. The molecule has 7 heteroatoms. The molecule has 0 saturated heterocycles. The van der Waals surface area contributed by atoms with Crippen molar-refractivity contribution in [3.05, 3.63) is 45.9 Å². The first-order chi connectivity index (χ1) is 9.65. The molecule has 0 unspecified atom stereocenters. The topological polar surface area (TPSA) is 91.5 Å². The average Bonchev–Trinajstić information content (AvgIpc) is 2.85. The minimum absolute atomic E-state index is 0.0717. The average molecular weight is 288 g/mol. The van der Waals surface area contributed by atoms with Gasteiger partial charge in [-0.1, -0.05) is 23.9 Å². The van der Waals surface area contributed by atoms with Crippen LogP contribution in [-0.2, 0) is 6.54 Å². The Morgan fingerprint density at radius 3 is 2.75 bits per heavy atom. The summed E-state index contributed by atoms with van der Waals surface area (Å²) in [6, 6.07) is 8.46. The lowest BCUT2D eigenvalue weighted by Crippen LogP contribution is -2.16. The normalized spacial score (nSPS) is 10.2. The number of hydrogen-bond donors (Lipinski definition) is 1. The molecule has 6 nitrogen and oxygen atoms in total. The van der Waals surface area contributed by atoms with Gasteiger partial charge in [-0.2, -0.15) is 5.26 Å². The van der Waals surface area contributed by atoms with Gasteiger partial charge in [-0.05, 0) is 19.1 Å². The highest BCUT2D eigenvalue weighted by atomic mass is 32.2. The molecule has 0 amide bonds. The second-order valence-corrected chi connectivity index (χ2v) is 4.90. The van der Waals surface area contributed by atoms with Crippen LogP contribution in [0.25, 0.3) is 0 Å². The van der Waals surface area contributed by atoms with Crippen LogP contribution in [0.2, 0.25) is 0 Å². The van der Waals surface area contributed by atoms with E-state index >= 15 is 0 Å². The monoisotopic (exact) mass is 288 g/mol. The summed E-state index contributed by atoms with van der Waals surface area (Å²) in [5.74, 6) is 0.119. The number of aromatic nitrogens is 3. The van der Waals surface area contributed by atoms with E-state index in [1.54, 1.807) is 24.3 Å². The Morgan fingerprint density at radius 2 is 2.15 bits per heavy atom. The number of Topliss-reactive ketones (excluding diaryl/α,β-unsaturated/α-hetero) is 1. The maximum absolute atomic E-state index is 12.0. The third-order valence-corrected chi connectivity index (χ3v) is 3.68. The Bertz CT molecular complexity index is 709. The van der Waals surface area contributed by atoms with Crippen molar-refractivity contribution >= 4 is 17.5 Å². The molecular weight excluding hydrogens is 276 g/mol. The Morgan fingerprint density at radius 1 is 1.45 bits per heavy atom. The minimum atomic E-state index is -0.277. The second-order valence-electron chi connectivity index (χ2n) is 3.96. The standard InChI is InChI=1S/C13H12N4O2S/c1-2-17-12(19)15-16-13(17)20-8-11(18)10-5-3-9(7-14)4-6-10/h3-6H,2,8H2,1H3,(H,15,19). The summed E-state index contributed by atoms with van der Waals surface area (Å²) in [6.07, 6.45) is 0. The zero-order valence-corrected chi connectivity index (χ0v) is 11.6. The molecule has 0 aliphatic rings. The number of nitrogens with one attached hydrogen (secondary N) is 1. The predicted molar refractivity (Wildman–Crippen MR) is 74.7 cm³/mol. The van der Waals surface area contributed by atoms with Crippen LogP contribution in [-0.4, -0.2) is 26.3 Å². The molecule has 1 aromatic heterocycles. The van der Waals surface area contributed by atoms with Crippen LogP contribution in [0.5, 0.6) is 0 Å². The number of benzene rings is 1. The highest BCUT2D eigenvalue weighted by molar-refractivity contribution is 7.99. The van der Waals surface area contributed by atoms with Crippen LogP contribution in [0.3, 0.4) is 0 Å². The molecule has 1 aromatic carbocycles. The Kier molecular flexibility index (Phi) is 4.38. The van der Waals surface area contributed by atoms with E-state index in [-0.39, 0.29) is 17.2 Å². The van der Waals surface area contributed by atoms with E-state index in [1.807, 2.05) is 13.0 Å². The van der Waals surface area contributed by atoms with E-state index in [4.69, 9.17) is 5.26 Å². The van der Waals surface area contributed by atoms with Crippen molar-refractivity contribution in [1.29, 1.82) is 5.26 Å². The fraction of sp³-hybridized carbons (Fsp3) is 0.231. The molecular formula is C13H12N4O2S. The van der Waals surface area contributed by atoms with E-state index in [1.165, 1.54) is 16.3 Å². The van der Waals surface area contributed by atoms with Crippen molar-refractivity contribution in [3.8, 4) is 6.07 Å². The second kappa shape index (κ2) is 6.21. The first-order valence-corrected chi connectivity index (χ1v) is 6.95. The fourth-order valence-corrected chi connectivity index (χ4v) is 2.54. The van der Waals surface area contributed by atoms with Gasteiger partial charge >= 0.3 is 5.69 Å². The molecule has 2 aromatic rings. The van der Waals surface area contributed by atoms with Gasteiger partial charge in [0.25, 0.3) is 0 Å². The van der Waals surface area contributed by atoms with E-state index < -0.39 is 0 Å². The number of thioether (sulfide) groups is 1. The molecule has 2 rings (SSSR count). The van der Waals surface area contributed by atoms with Crippen LogP contribution in [0.1, 0.15) is 22.8 Å². The highest BCUT2D eigenvalue weighted by Gasteiger charge is 2.11. The number of hydrogen-bond acceptors (Lipinski definition) is 5. The van der Waals surface area contributed by atoms with Crippen LogP contribution >= 0.6 is 11.8 Å². The molecule has 1 heterocycles. The summed E-state index contributed by atoms with van der Waals surface area (Å²) in [4.78, 5) is 23.4. The molecule has 0 bridgehead atoms. The van der Waals surface area contributed by atoms with Gasteiger partial charge in [-0.15, -0.1) is 5.10 Å². The number of ketones is 1. The SMILES string of the molecule is CCn1c(SCC(=O)c2ccc(C#N)cc2)n[nH]c1=O. The van der Waals surface area contributed by atoms with E-state index in [0.29, 0.717) is 22.8 Å². The van der Waals surface area contributed by atoms with Crippen LogP contribution in [0, 0.1) is 11.3 Å². The maximum Gasteiger partial charge on any atom is 0.343 e. The minimum Gasteiger partial charge on any atom is -0.293 e. The fourth-order valence-electron chi connectivity index (χ4n) is 1.64. The highest BCUT2D eigenvalue weighted by Crippen LogP contribution is 2.15.